The number of nitrogens with two attached hydrogens (primary N) is 1. The number of aliphatic hydroxyl groups is 8. The van der Waals surface area contributed by atoms with Crippen molar-refractivity contribution in [2.45, 2.75) is 49.5 Å². The van der Waals surface area contributed by atoms with Crippen molar-refractivity contribution in [1.29, 1.82) is 0 Å². The first kappa shape index (κ1) is 39.2. The lowest BCUT2D eigenvalue weighted by Gasteiger charge is -2.55. The van der Waals surface area contributed by atoms with Crippen molar-refractivity contribution in [3.05, 3.63) is 17.0 Å². The third-order valence-electron chi connectivity index (χ3n) is 9.43. The normalized spacial score (nSPS) is 23.1. The van der Waals surface area contributed by atoms with E-state index in [0.29, 0.717) is 0 Å². The summed E-state index contributed by atoms with van der Waals surface area (Å²) in [5, 5.41) is 178. The van der Waals surface area contributed by atoms with Crippen LogP contribution in [0.1, 0.15) is 47.3 Å². The number of carbonyl (C=O) groups excluding carboxylic acids is 3. The molecule has 0 bridgehead atoms. The summed E-state index contributed by atoms with van der Waals surface area (Å²) in [6.07, 6.45) is 0. The Hall–Kier alpha value is -6.06. The second kappa shape index (κ2) is 11.5. The van der Waals surface area contributed by atoms with Crippen molar-refractivity contribution in [3.8, 4) is 57.4 Å². The molecule has 0 radical (unpaired) electrons. The van der Waals surface area contributed by atoms with Crippen molar-refractivity contribution >= 4 is 29.1 Å². The van der Waals surface area contributed by atoms with Crippen LogP contribution in [0.25, 0.3) is 5.69 Å². The van der Waals surface area contributed by atoms with Gasteiger partial charge in [-0.05, 0) is 12.8 Å². The number of methoxy groups -OCH3 is 1. The minimum Gasteiger partial charge on any atom is -0.503 e. The molecule has 0 saturated carbocycles. The van der Waals surface area contributed by atoms with Crippen molar-refractivity contribution in [1.82, 2.24) is 9.78 Å². The van der Waals surface area contributed by atoms with E-state index in [4.69, 9.17) is 5.73 Å². The Balaban J connectivity index is 1.82. The summed E-state index contributed by atoms with van der Waals surface area (Å²) in [5.41, 5.74) is -9.82. The van der Waals surface area contributed by atoms with Crippen LogP contribution in [0.5, 0.6) is 51.7 Å². The molecule has 3 aromatic rings. The first-order chi connectivity index (χ1) is 24.5. The molecule has 3 amide bonds. The zero-order chi connectivity index (χ0) is 41.3. The SMILES string of the molecule is COc1c(O)c(O)c(-n2nc(C(N)=O)c3c2C(=O)N(c2c(O)c(O)c(N4CC(C)(O)C(O)(C(C)C)C(O)(O)C4=O)c(O)c2O)C(O)(O)C3(O)O)c(O)c1O. The molecule has 54 heavy (non-hydrogen) atoms. The number of anilines is 2. The van der Waals surface area contributed by atoms with E-state index >= 15 is 0 Å². The molecule has 1 aromatic heterocycles. The fourth-order valence-corrected chi connectivity index (χ4v) is 6.74. The van der Waals surface area contributed by atoms with Gasteiger partial charge in [0.2, 0.25) is 17.2 Å². The molecule has 0 spiro atoms. The maximum absolute atomic E-state index is 14.2. The summed E-state index contributed by atoms with van der Waals surface area (Å²) in [6.45, 7) is 1.93. The van der Waals surface area contributed by atoms with E-state index in [0.717, 1.165) is 14.0 Å². The van der Waals surface area contributed by atoms with Crippen LogP contribution in [0.3, 0.4) is 0 Å². The van der Waals surface area contributed by atoms with Gasteiger partial charge in [-0.1, -0.05) is 13.8 Å². The molecule has 1 saturated heterocycles. The molecule has 25 nitrogen and oxygen atoms in total. The lowest BCUT2D eigenvalue weighted by molar-refractivity contribution is -0.364. The van der Waals surface area contributed by atoms with Gasteiger partial charge in [0.1, 0.15) is 22.7 Å². The first-order valence-electron chi connectivity index (χ1n) is 14.9. The van der Waals surface area contributed by atoms with Crippen molar-refractivity contribution in [3.63, 3.8) is 0 Å². The van der Waals surface area contributed by atoms with Crippen LogP contribution in [0.15, 0.2) is 0 Å². The van der Waals surface area contributed by atoms with Crippen LogP contribution in [0, 0.1) is 5.92 Å². The molecule has 5 rings (SSSR count). The van der Waals surface area contributed by atoms with Crippen LogP contribution < -0.4 is 20.3 Å². The quantitative estimate of drug-likeness (QED) is 0.0635. The Morgan fingerprint density at radius 2 is 1.19 bits per heavy atom. The highest BCUT2D eigenvalue weighted by atomic mass is 16.6. The smallest absolute Gasteiger partial charge is 0.315 e. The van der Waals surface area contributed by atoms with Crippen LogP contribution in [0.2, 0.25) is 0 Å². The zero-order valence-electron chi connectivity index (χ0n) is 27.9. The molecule has 2 atom stereocenters. The number of phenolic OH excluding ortho intramolecular Hbond substituents is 8. The zero-order valence-corrected chi connectivity index (χ0v) is 27.9. The van der Waals surface area contributed by atoms with E-state index in [1.54, 1.807) is 0 Å². The number of hydrogen-bond acceptors (Lipinski definition) is 21. The highest BCUT2D eigenvalue weighted by Gasteiger charge is 2.71. The fraction of sp³-hybridized carbons (Fsp3) is 0.379. The summed E-state index contributed by atoms with van der Waals surface area (Å²) in [6, 6.07) is 0. The lowest BCUT2D eigenvalue weighted by Crippen LogP contribution is -2.81. The molecule has 2 aliphatic rings. The number of phenols is 8. The monoisotopic (exact) mass is 771 g/mol. The molecule has 1 fully saturated rings. The Kier molecular flexibility index (Phi) is 8.32. The molecular formula is C29H33N5O20. The van der Waals surface area contributed by atoms with E-state index in [2.05, 4.69) is 9.84 Å². The number of benzene rings is 2. The Bertz CT molecular complexity index is 2120. The highest BCUT2D eigenvalue weighted by molar-refractivity contribution is 6.14. The second-order valence-electron chi connectivity index (χ2n) is 12.9. The molecule has 3 heterocycles. The average Bonchev–Trinajstić information content (AvgIpc) is 3.47. The largest absolute Gasteiger partial charge is 0.503 e. The summed E-state index contributed by atoms with van der Waals surface area (Å²) in [5.74, 6) is -34.5. The second-order valence-corrected chi connectivity index (χ2v) is 12.9. The van der Waals surface area contributed by atoms with E-state index in [1.807, 2.05) is 0 Å². The molecular weight excluding hydrogens is 738 g/mol. The van der Waals surface area contributed by atoms with Crippen LogP contribution in [-0.2, 0) is 10.6 Å². The van der Waals surface area contributed by atoms with Crippen LogP contribution in [-0.4, -0.2) is 146 Å². The van der Waals surface area contributed by atoms with Gasteiger partial charge in [-0.3, -0.25) is 19.3 Å². The van der Waals surface area contributed by atoms with Gasteiger partial charge in [-0.2, -0.15) is 5.10 Å². The number of aromatic hydroxyl groups is 8. The number of amides is 3. The van der Waals surface area contributed by atoms with E-state index in [9.17, 15) is 96.1 Å². The summed E-state index contributed by atoms with van der Waals surface area (Å²) < 4.78 is 4.57. The molecule has 2 unspecified atom stereocenters. The van der Waals surface area contributed by atoms with Crippen LogP contribution in [0.4, 0.5) is 11.4 Å². The van der Waals surface area contributed by atoms with E-state index in [1.165, 1.54) is 13.8 Å². The number of piperidine rings is 1. The van der Waals surface area contributed by atoms with Gasteiger partial charge >= 0.3 is 5.91 Å². The predicted octanol–water partition coefficient (Wildman–Crippen LogP) is -4.77. The van der Waals surface area contributed by atoms with Gasteiger partial charge < -0.3 is 92.2 Å². The molecule has 25 heteroatoms. The molecule has 2 aromatic carbocycles. The van der Waals surface area contributed by atoms with Crippen molar-refractivity contribution < 1.29 is 101 Å². The Morgan fingerprint density at radius 1 is 0.741 bits per heavy atom. The Labute approximate surface area is 298 Å². The third-order valence-corrected chi connectivity index (χ3v) is 9.43. The van der Waals surface area contributed by atoms with Gasteiger partial charge in [0.05, 0.1) is 19.2 Å². The minimum atomic E-state index is -4.65. The summed E-state index contributed by atoms with van der Waals surface area (Å²) in [7, 11) is 0.859. The molecule has 18 N–H and O–H groups in total. The molecule has 2 aliphatic heterocycles. The third kappa shape index (κ3) is 4.48. The maximum atomic E-state index is 14.2. The van der Waals surface area contributed by atoms with Crippen molar-refractivity contribution in [2.75, 3.05) is 23.5 Å². The number of primary amides is 1. The highest BCUT2D eigenvalue weighted by Crippen LogP contribution is 2.61. The van der Waals surface area contributed by atoms with Gasteiger partial charge in [0.25, 0.3) is 29.3 Å². The van der Waals surface area contributed by atoms with E-state index in [-0.39, 0.29) is 9.58 Å². The number of rotatable bonds is 6. The standard InChI is InChI=1S/C29H33N5O20/c1-6(2)26(47)25(3,46)5-32(24(45)28(26,50)51)10-13(35)15(37)11(16(38)14(10)36)33-23(44)9-7(27(48,49)29(33,52)53)8(22(30)43)31-34(9)12-17(39)19(41)21(54-4)20(42)18(12)40/h6,35-42,46-53H,5H2,1-4H3,(H2,30,43). The average molecular weight is 772 g/mol. The number of nitrogens with zero attached hydrogens (tertiary/aromatic N) is 4. The minimum absolute atomic E-state index is 0.0310. The number of hydrogen-bond donors (Lipinski definition) is 17. The maximum Gasteiger partial charge on any atom is 0.315 e. The summed E-state index contributed by atoms with van der Waals surface area (Å²) in [4.78, 5) is 39.2. The molecule has 294 valence electrons. The summed E-state index contributed by atoms with van der Waals surface area (Å²) >= 11 is 0. The fourth-order valence-electron chi connectivity index (χ4n) is 6.74. The Morgan fingerprint density at radius 3 is 1.61 bits per heavy atom. The van der Waals surface area contributed by atoms with Gasteiger partial charge in [0, 0.05) is 0 Å². The molecule has 0 aliphatic carbocycles. The lowest BCUT2D eigenvalue weighted by atomic mass is 9.67. The predicted molar refractivity (Wildman–Crippen MR) is 168 cm³/mol. The van der Waals surface area contributed by atoms with Gasteiger partial charge in [0.15, 0.2) is 51.5 Å². The van der Waals surface area contributed by atoms with E-state index < -0.39 is 150 Å². The number of carbonyl (C=O) groups is 3. The number of aromatic nitrogens is 2. The number of ether oxygens (including phenoxy) is 1. The topological polar surface area (TPSA) is 434 Å². The number of fused-ring (bicyclic) bond motifs is 1. The van der Waals surface area contributed by atoms with Crippen molar-refractivity contribution in [2.24, 2.45) is 11.7 Å². The van der Waals surface area contributed by atoms with Gasteiger partial charge in [-0.15, -0.1) is 0 Å². The number of β-amino-alcohol motifs (C(OH)–C–C–N with tert-alkyl or cyclic N) is 1. The first-order valence-corrected chi connectivity index (χ1v) is 14.9. The van der Waals surface area contributed by atoms with Crippen LogP contribution >= 0.6 is 0 Å². The van der Waals surface area contributed by atoms with Gasteiger partial charge in [-0.25, -0.2) is 9.58 Å².